The van der Waals surface area contributed by atoms with Gasteiger partial charge in [-0.1, -0.05) is 41.6 Å². The molecule has 7 nitrogen and oxygen atoms in total. The number of rotatable bonds is 7. The molecular formula is C20H18ClN3O4S. The molecule has 3 aromatic rings. The molecule has 0 aliphatic carbocycles. The maximum atomic E-state index is 12.1. The minimum atomic E-state index is -0.440. The number of thioether (sulfide) groups is 1. The van der Waals surface area contributed by atoms with E-state index in [1.165, 1.54) is 18.9 Å². The molecule has 29 heavy (non-hydrogen) atoms. The first-order valence-corrected chi connectivity index (χ1v) is 9.96. The van der Waals surface area contributed by atoms with Crippen LogP contribution in [0.2, 0.25) is 5.02 Å². The molecule has 0 aliphatic rings. The van der Waals surface area contributed by atoms with Gasteiger partial charge >= 0.3 is 11.9 Å². The molecule has 3 rings (SSSR count). The minimum Gasteiger partial charge on any atom is -0.465 e. The van der Waals surface area contributed by atoms with Crippen LogP contribution in [-0.2, 0) is 20.9 Å². The summed E-state index contributed by atoms with van der Waals surface area (Å²) >= 11 is 7.40. The molecule has 0 bridgehead atoms. The quantitative estimate of drug-likeness (QED) is 0.415. The Hall–Kier alpha value is -2.84. The van der Waals surface area contributed by atoms with E-state index in [0.29, 0.717) is 21.3 Å². The maximum Gasteiger partial charge on any atom is 0.337 e. The fourth-order valence-electron chi connectivity index (χ4n) is 2.47. The Labute approximate surface area is 177 Å². The standard InChI is InChI=1S/C20H18ClN3O4S/c1-13-6-7-16(9-17(13)21)24-12-22-23-20(24)29-11-18(25)28-10-14-4-3-5-15(8-14)19(26)27-2/h3-9,12H,10-11H2,1-2H3. The van der Waals surface area contributed by atoms with E-state index in [1.54, 1.807) is 35.2 Å². The van der Waals surface area contributed by atoms with Gasteiger partial charge in [0.05, 0.1) is 24.1 Å². The fourth-order valence-corrected chi connectivity index (χ4v) is 3.37. The molecule has 1 aromatic heterocycles. The highest BCUT2D eigenvalue weighted by Crippen LogP contribution is 2.24. The van der Waals surface area contributed by atoms with E-state index in [2.05, 4.69) is 14.9 Å². The van der Waals surface area contributed by atoms with Crippen LogP contribution in [0.3, 0.4) is 0 Å². The third-order valence-electron chi connectivity index (χ3n) is 4.02. The normalized spacial score (nSPS) is 10.6. The highest BCUT2D eigenvalue weighted by atomic mass is 35.5. The zero-order valence-electron chi connectivity index (χ0n) is 15.8. The predicted molar refractivity (Wildman–Crippen MR) is 109 cm³/mol. The van der Waals surface area contributed by atoms with Crippen LogP contribution in [0.1, 0.15) is 21.5 Å². The first kappa shape index (κ1) is 20.9. The number of aryl methyl sites for hydroxylation is 1. The van der Waals surface area contributed by atoms with Gasteiger partial charge in [0.25, 0.3) is 0 Å². The molecule has 0 saturated heterocycles. The summed E-state index contributed by atoms with van der Waals surface area (Å²) in [6, 6.07) is 12.4. The first-order chi connectivity index (χ1) is 14.0. The van der Waals surface area contributed by atoms with Crippen molar-refractivity contribution in [2.24, 2.45) is 0 Å². The van der Waals surface area contributed by atoms with Crippen molar-refractivity contribution >= 4 is 35.3 Å². The number of carbonyl (C=O) groups is 2. The summed E-state index contributed by atoms with van der Waals surface area (Å²) < 4.78 is 11.7. The van der Waals surface area contributed by atoms with Gasteiger partial charge in [-0.15, -0.1) is 10.2 Å². The molecule has 2 aromatic carbocycles. The first-order valence-electron chi connectivity index (χ1n) is 8.60. The third-order valence-corrected chi connectivity index (χ3v) is 5.34. The van der Waals surface area contributed by atoms with Crippen LogP contribution >= 0.6 is 23.4 Å². The number of carbonyl (C=O) groups excluding carboxylic acids is 2. The van der Waals surface area contributed by atoms with Gasteiger partial charge in [0, 0.05) is 5.02 Å². The molecule has 0 unspecified atom stereocenters. The van der Waals surface area contributed by atoms with Crippen molar-refractivity contribution in [2.75, 3.05) is 12.9 Å². The third kappa shape index (κ3) is 5.36. The average molecular weight is 432 g/mol. The van der Waals surface area contributed by atoms with Crippen LogP contribution < -0.4 is 0 Å². The average Bonchev–Trinajstić information content (AvgIpc) is 3.21. The Morgan fingerprint density at radius 1 is 1.21 bits per heavy atom. The summed E-state index contributed by atoms with van der Waals surface area (Å²) in [4.78, 5) is 23.7. The van der Waals surface area contributed by atoms with Crippen LogP contribution in [0, 0.1) is 6.92 Å². The molecule has 1 heterocycles. The molecule has 0 spiro atoms. The Balaban J connectivity index is 1.57. The lowest BCUT2D eigenvalue weighted by molar-refractivity contribution is -0.141. The maximum absolute atomic E-state index is 12.1. The molecule has 0 atom stereocenters. The number of esters is 2. The number of nitrogens with zero attached hydrogens (tertiary/aromatic N) is 3. The fraction of sp³-hybridized carbons (Fsp3) is 0.200. The van der Waals surface area contributed by atoms with Gasteiger partial charge in [0.2, 0.25) is 0 Å². The van der Waals surface area contributed by atoms with Crippen LogP contribution in [0.4, 0.5) is 0 Å². The van der Waals surface area contributed by atoms with E-state index in [-0.39, 0.29) is 12.4 Å². The van der Waals surface area contributed by atoms with E-state index in [1.807, 2.05) is 25.1 Å². The van der Waals surface area contributed by atoms with Gasteiger partial charge in [-0.2, -0.15) is 0 Å². The highest BCUT2D eigenvalue weighted by molar-refractivity contribution is 7.99. The SMILES string of the molecule is COC(=O)c1cccc(COC(=O)CSc2nncn2-c2ccc(C)c(Cl)c2)c1. The number of benzene rings is 2. The largest absolute Gasteiger partial charge is 0.465 e. The highest BCUT2D eigenvalue weighted by Gasteiger charge is 2.12. The van der Waals surface area contributed by atoms with Crippen molar-refractivity contribution < 1.29 is 19.1 Å². The van der Waals surface area contributed by atoms with Crippen molar-refractivity contribution in [1.29, 1.82) is 0 Å². The zero-order chi connectivity index (χ0) is 20.8. The summed E-state index contributed by atoms with van der Waals surface area (Å²) in [5.41, 5.74) is 2.88. The van der Waals surface area contributed by atoms with Crippen molar-refractivity contribution in [2.45, 2.75) is 18.7 Å². The summed E-state index contributed by atoms with van der Waals surface area (Å²) in [7, 11) is 1.32. The van der Waals surface area contributed by atoms with E-state index < -0.39 is 11.9 Å². The number of hydrogen-bond acceptors (Lipinski definition) is 7. The van der Waals surface area contributed by atoms with Crippen LogP contribution in [-0.4, -0.2) is 39.6 Å². The second-order valence-electron chi connectivity index (χ2n) is 6.06. The predicted octanol–water partition coefficient (Wildman–Crippen LogP) is 3.85. The summed E-state index contributed by atoms with van der Waals surface area (Å²) in [5, 5.41) is 9.15. The molecule has 0 radical (unpaired) electrons. The summed E-state index contributed by atoms with van der Waals surface area (Å²) in [6.07, 6.45) is 1.56. The van der Waals surface area contributed by atoms with Crippen LogP contribution in [0.15, 0.2) is 53.9 Å². The zero-order valence-corrected chi connectivity index (χ0v) is 17.4. The van der Waals surface area contributed by atoms with Crippen molar-refractivity contribution in [1.82, 2.24) is 14.8 Å². The van der Waals surface area contributed by atoms with Gasteiger partial charge in [0.15, 0.2) is 5.16 Å². The molecule has 9 heteroatoms. The molecule has 150 valence electrons. The van der Waals surface area contributed by atoms with Crippen molar-refractivity contribution in [3.8, 4) is 5.69 Å². The number of halogens is 1. The summed E-state index contributed by atoms with van der Waals surface area (Å²) in [6.45, 7) is 1.98. The molecule has 0 fully saturated rings. The lowest BCUT2D eigenvalue weighted by Crippen LogP contribution is -2.09. The van der Waals surface area contributed by atoms with E-state index in [4.69, 9.17) is 16.3 Å². The Bertz CT molecular complexity index is 1040. The number of ether oxygens (including phenoxy) is 2. The topological polar surface area (TPSA) is 83.3 Å². The number of hydrogen-bond donors (Lipinski definition) is 0. The van der Waals surface area contributed by atoms with Gasteiger partial charge in [-0.25, -0.2) is 4.79 Å². The second-order valence-corrected chi connectivity index (χ2v) is 7.41. The number of aromatic nitrogens is 3. The molecule has 0 saturated carbocycles. The van der Waals surface area contributed by atoms with Crippen molar-refractivity contribution in [3.05, 3.63) is 70.5 Å². The Morgan fingerprint density at radius 2 is 2.03 bits per heavy atom. The molecule has 0 amide bonds. The second kappa shape index (κ2) is 9.58. The van der Waals surface area contributed by atoms with Gasteiger partial charge in [-0.3, -0.25) is 9.36 Å². The molecule has 0 N–H and O–H groups in total. The van der Waals surface area contributed by atoms with Crippen molar-refractivity contribution in [3.63, 3.8) is 0 Å². The summed E-state index contributed by atoms with van der Waals surface area (Å²) in [5.74, 6) is -0.783. The van der Waals surface area contributed by atoms with E-state index in [0.717, 1.165) is 11.3 Å². The van der Waals surface area contributed by atoms with E-state index in [9.17, 15) is 9.59 Å². The molecule has 0 aliphatic heterocycles. The lowest BCUT2D eigenvalue weighted by Gasteiger charge is -2.08. The smallest absolute Gasteiger partial charge is 0.337 e. The Morgan fingerprint density at radius 3 is 2.79 bits per heavy atom. The van der Waals surface area contributed by atoms with Crippen LogP contribution in [0.25, 0.3) is 5.69 Å². The number of methoxy groups -OCH3 is 1. The van der Waals surface area contributed by atoms with Gasteiger partial charge < -0.3 is 9.47 Å². The minimum absolute atomic E-state index is 0.0600. The van der Waals surface area contributed by atoms with Crippen LogP contribution in [0.5, 0.6) is 0 Å². The van der Waals surface area contributed by atoms with Gasteiger partial charge in [0.1, 0.15) is 12.9 Å². The molecular weight excluding hydrogens is 414 g/mol. The Kier molecular flexibility index (Phi) is 6.90. The lowest BCUT2D eigenvalue weighted by atomic mass is 10.1. The monoisotopic (exact) mass is 431 g/mol. The van der Waals surface area contributed by atoms with Gasteiger partial charge in [-0.05, 0) is 42.3 Å². The van der Waals surface area contributed by atoms with E-state index >= 15 is 0 Å².